The zero-order valence-electron chi connectivity index (χ0n) is 14.7. The van der Waals surface area contributed by atoms with Gasteiger partial charge in [0.15, 0.2) is 0 Å². The number of aryl methyl sites for hydroxylation is 2. The lowest BCUT2D eigenvalue weighted by Gasteiger charge is -2.11. The van der Waals surface area contributed by atoms with Crippen molar-refractivity contribution in [3.05, 3.63) is 64.7 Å². The van der Waals surface area contributed by atoms with Crippen molar-refractivity contribution in [1.29, 1.82) is 0 Å². The standard InChI is InChI=1S/C19H16FN5O2/c1-11-22-15-5-3-12(20)7-14(15)19(27)25(11)9-18(26)23-13-4-6-17-16(8-13)21-10-24(17)2/h3-8,10H,9H2,1-2H3,(H,23,26). The Hall–Kier alpha value is -3.55. The Bertz CT molecular complexity index is 1260. The molecular weight excluding hydrogens is 349 g/mol. The molecule has 0 saturated carbocycles. The number of hydrogen-bond donors (Lipinski definition) is 1. The van der Waals surface area contributed by atoms with E-state index in [2.05, 4.69) is 15.3 Å². The van der Waals surface area contributed by atoms with Gasteiger partial charge in [-0.25, -0.2) is 14.4 Å². The molecule has 2 aromatic carbocycles. The number of carbonyl (C=O) groups excluding carboxylic acids is 1. The summed E-state index contributed by atoms with van der Waals surface area (Å²) >= 11 is 0. The number of hydrogen-bond acceptors (Lipinski definition) is 4. The van der Waals surface area contributed by atoms with E-state index in [1.807, 2.05) is 17.7 Å². The SMILES string of the molecule is Cc1nc2ccc(F)cc2c(=O)n1CC(=O)Nc1ccc2c(c1)ncn2C. The molecule has 0 aliphatic carbocycles. The van der Waals surface area contributed by atoms with Crippen molar-refractivity contribution in [2.75, 3.05) is 5.32 Å². The highest BCUT2D eigenvalue weighted by molar-refractivity contribution is 5.93. The van der Waals surface area contributed by atoms with Crippen LogP contribution in [0.2, 0.25) is 0 Å². The summed E-state index contributed by atoms with van der Waals surface area (Å²) in [5.41, 5.74) is 2.23. The molecule has 136 valence electrons. The van der Waals surface area contributed by atoms with Crippen LogP contribution in [0.5, 0.6) is 0 Å². The molecule has 2 heterocycles. The molecule has 0 fully saturated rings. The minimum Gasteiger partial charge on any atom is -0.334 e. The van der Waals surface area contributed by atoms with Gasteiger partial charge in [-0.1, -0.05) is 0 Å². The molecule has 7 nitrogen and oxygen atoms in total. The lowest BCUT2D eigenvalue weighted by molar-refractivity contribution is -0.116. The van der Waals surface area contributed by atoms with Crippen LogP contribution in [0, 0.1) is 12.7 Å². The third kappa shape index (κ3) is 3.05. The molecule has 4 rings (SSSR count). The zero-order valence-corrected chi connectivity index (χ0v) is 14.7. The van der Waals surface area contributed by atoms with Crippen LogP contribution >= 0.6 is 0 Å². The first-order chi connectivity index (χ1) is 12.9. The van der Waals surface area contributed by atoms with Gasteiger partial charge in [-0.05, 0) is 43.3 Å². The number of amides is 1. The summed E-state index contributed by atoms with van der Waals surface area (Å²) in [6.45, 7) is 1.42. The van der Waals surface area contributed by atoms with Crippen LogP contribution in [0.4, 0.5) is 10.1 Å². The maximum atomic E-state index is 13.5. The van der Waals surface area contributed by atoms with E-state index in [1.54, 1.807) is 25.4 Å². The predicted molar refractivity (Wildman–Crippen MR) is 100 cm³/mol. The number of halogens is 1. The monoisotopic (exact) mass is 365 g/mol. The number of fused-ring (bicyclic) bond motifs is 2. The summed E-state index contributed by atoms with van der Waals surface area (Å²) in [7, 11) is 1.89. The molecule has 2 aromatic heterocycles. The van der Waals surface area contributed by atoms with Crippen LogP contribution in [0.3, 0.4) is 0 Å². The quantitative estimate of drug-likeness (QED) is 0.604. The molecule has 1 amide bonds. The van der Waals surface area contributed by atoms with Gasteiger partial charge in [-0.2, -0.15) is 0 Å². The topological polar surface area (TPSA) is 81.8 Å². The van der Waals surface area contributed by atoms with Crippen LogP contribution in [0.15, 0.2) is 47.5 Å². The molecule has 0 atom stereocenters. The van der Waals surface area contributed by atoms with Crippen molar-refractivity contribution in [2.24, 2.45) is 7.05 Å². The van der Waals surface area contributed by atoms with Gasteiger partial charge in [-0.3, -0.25) is 14.2 Å². The molecule has 0 radical (unpaired) electrons. The molecule has 0 aliphatic rings. The van der Waals surface area contributed by atoms with Crippen molar-refractivity contribution in [1.82, 2.24) is 19.1 Å². The Morgan fingerprint density at radius 3 is 2.81 bits per heavy atom. The van der Waals surface area contributed by atoms with Crippen LogP contribution in [-0.2, 0) is 18.4 Å². The molecule has 8 heteroatoms. The number of anilines is 1. The van der Waals surface area contributed by atoms with Crippen molar-refractivity contribution in [3.8, 4) is 0 Å². The van der Waals surface area contributed by atoms with Gasteiger partial charge in [0, 0.05) is 12.7 Å². The van der Waals surface area contributed by atoms with Gasteiger partial charge >= 0.3 is 0 Å². The van der Waals surface area contributed by atoms with Gasteiger partial charge in [0.05, 0.1) is 28.3 Å². The molecule has 4 aromatic rings. The van der Waals surface area contributed by atoms with E-state index in [0.29, 0.717) is 17.0 Å². The van der Waals surface area contributed by atoms with E-state index >= 15 is 0 Å². The molecule has 0 bridgehead atoms. The maximum Gasteiger partial charge on any atom is 0.261 e. The van der Waals surface area contributed by atoms with Gasteiger partial charge in [0.2, 0.25) is 5.91 Å². The Kier molecular flexibility index (Phi) is 3.95. The highest BCUT2D eigenvalue weighted by Gasteiger charge is 2.13. The number of benzene rings is 2. The summed E-state index contributed by atoms with van der Waals surface area (Å²) in [5.74, 6) is -0.521. The third-order valence-electron chi connectivity index (χ3n) is 4.42. The average molecular weight is 365 g/mol. The van der Waals surface area contributed by atoms with Crippen LogP contribution in [0.25, 0.3) is 21.9 Å². The summed E-state index contributed by atoms with van der Waals surface area (Å²) in [6, 6.07) is 9.22. The molecule has 1 N–H and O–H groups in total. The minimum atomic E-state index is -0.523. The van der Waals surface area contributed by atoms with E-state index in [4.69, 9.17) is 0 Å². The van der Waals surface area contributed by atoms with Crippen LogP contribution in [0.1, 0.15) is 5.82 Å². The Balaban J connectivity index is 1.62. The van der Waals surface area contributed by atoms with Crippen molar-refractivity contribution in [3.63, 3.8) is 0 Å². The number of nitrogens with zero attached hydrogens (tertiary/aromatic N) is 4. The second-order valence-corrected chi connectivity index (χ2v) is 6.32. The van der Waals surface area contributed by atoms with Gasteiger partial charge in [0.1, 0.15) is 18.2 Å². The fourth-order valence-corrected chi connectivity index (χ4v) is 3.05. The highest BCUT2D eigenvalue weighted by atomic mass is 19.1. The minimum absolute atomic E-state index is 0.142. The second kappa shape index (κ2) is 6.31. The van der Waals surface area contributed by atoms with Crippen molar-refractivity contribution < 1.29 is 9.18 Å². The molecular formula is C19H16FN5O2. The second-order valence-electron chi connectivity index (χ2n) is 6.32. The van der Waals surface area contributed by atoms with E-state index in [0.717, 1.165) is 17.1 Å². The van der Waals surface area contributed by atoms with Crippen molar-refractivity contribution in [2.45, 2.75) is 13.5 Å². The molecule has 0 aliphatic heterocycles. The molecule has 0 spiro atoms. The number of nitrogens with one attached hydrogen (secondary N) is 1. The number of carbonyl (C=O) groups is 1. The fraction of sp³-hybridized carbons (Fsp3) is 0.158. The Morgan fingerprint density at radius 1 is 1.19 bits per heavy atom. The highest BCUT2D eigenvalue weighted by Crippen LogP contribution is 2.17. The first-order valence-electron chi connectivity index (χ1n) is 8.30. The van der Waals surface area contributed by atoms with E-state index < -0.39 is 11.4 Å². The van der Waals surface area contributed by atoms with Crippen LogP contribution in [-0.4, -0.2) is 25.0 Å². The smallest absolute Gasteiger partial charge is 0.261 e. The summed E-state index contributed by atoms with van der Waals surface area (Å²) in [4.78, 5) is 33.6. The van der Waals surface area contributed by atoms with Gasteiger partial charge in [0.25, 0.3) is 5.56 Å². The molecule has 0 saturated heterocycles. The number of imidazole rings is 1. The lowest BCUT2D eigenvalue weighted by atomic mass is 10.2. The first kappa shape index (κ1) is 16.9. The predicted octanol–water partition coefficient (Wildman–Crippen LogP) is 2.37. The summed E-state index contributed by atoms with van der Waals surface area (Å²) in [6.07, 6.45) is 1.69. The van der Waals surface area contributed by atoms with Crippen LogP contribution < -0.4 is 10.9 Å². The van der Waals surface area contributed by atoms with Gasteiger partial charge in [-0.15, -0.1) is 0 Å². The van der Waals surface area contributed by atoms with E-state index in [1.165, 1.54) is 16.7 Å². The molecule has 27 heavy (non-hydrogen) atoms. The average Bonchev–Trinajstić information content (AvgIpc) is 3.00. The zero-order chi connectivity index (χ0) is 19.1. The van der Waals surface area contributed by atoms with Gasteiger partial charge < -0.3 is 9.88 Å². The molecule has 0 unspecified atom stereocenters. The Labute approximate surface area is 153 Å². The lowest BCUT2D eigenvalue weighted by Crippen LogP contribution is -2.30. The summed E-state index contributed by atoms with van der Waals surface area (Å²) < 4.78 is 16.6. The maximum absolute atomic E-state index is 13.5. The summed E-state index contributed by atoms with van der Waals surface area (Å²) in [5, 5.41) is 2.90. The normalized spacial score (nSPS) is 11.2. The Morgan fingerprint density at radius 2 is 2.00 bits per heavy atom. The largest absolute Gasteiger partial charge is 0.334 e. The van der Waals surface area contributed by atoms with E-state index in [-0.39, 0.29) is 17.8 Å². The first-order valence-corrected chi connectivity index (χ1v) is 8.30. The fourth-order valence-electron chi connectivity index (χ4n) is 3.05. The number of aromatic nitrogens is 4. The van der Waals surface area contributed by atoms with Crippen molar-refractivity contribution >= 4 is 33.5 Å². The third-order valence-corrected chi connectivity index (χ3v) is 4.42. The number of rotatable bonds is 3. The van der Waals surface area contributed by atoms with E-state index in [9.17, 15) is 14.0 Å².